The van der Waals surface area contributed by atoms with Crippen molar-refractivity contribution in [3.63, 3.8) is 0 Å². The first-order valence-corrected chi connectivity index (χ1v) is 13.4. The van der Waals surface area contributed by atoms with Crippen molar-refractivity contribution in [2.45, 2.75) is 13.2 Å². The summed E-state index contributed by atoms with van der Waals surface area (Å²) in [6, 6.07) is 27.7. The summed E-state index contributed by atoms with van der Waals surface area (Å²) in [5.41, 5.74) is 2.63. The van der Waals surface area contributed by atoms with E-state index in [4.69, 9.17) is 21.1 Å². The summed E-state index contributed by atoms with van der Waals surface area (Å²) >= 11 is 9.32. The molecule has 0 aliphatic carbocycles. The number of amides is 4. The van der Waals surface area contributed by atoms with Gasteiger partial charge in [-0.2, -0.15) is 0 Å². The molecule has 1 aliphatic rings. The van der Waals surface area contributed by atoms with Gasteiger partial charge in [0.25, 0.3) is 11.8 Å². The van der Waals surface area contributed by atoms with E-state index in [0.717, 1.165) is 20.5 Å². The number of nitrogens with zero attached hydrogens (tertiary/aromatic N) is 1. The van der Waals surface area contributed by atoms with E-state index >= 15 is 0 Å². The van der Waals surface area contributed by atoms with E-state index in [1.54, 1.807) is 60.7 Å². The maximum Gasteiger partial charge on any atom is 0.335 e. The van der Waals surface area contributed by atoms with Crippen LogP contribution in [-0.4, -0.2) is 17.8 Å². The van der Waals surface area contributed by atoms with Crippen LogP contribution >= 0.6 is 27.5 Å². The minimum Gasteiger partial charge on any atom is -0.489 e. The zero-order chi connectivity index (χ0) is 28.1. The summed E-state index contributed by atoms with van der Waals surface area (Å²) in [5.74, 6) is -0.376. The molecule has 4 aromatic rings. The molecule has 4 aromatic carbocycles. The first kappa shape index (κ1) is 27.2. The van der Waals surface area contributed by atoms with Crippen molar-refractivity contribution in [3.05, 3.63) is 129 Å². The minimum absolute atomic E-state index is 0.173. The Morgan fingerprint density at radius 1 is 0.775 bits per heavy atom. The molecule has 1 heterocycles. The number of benzene rings is 4. The molecule has 1 saturated heterocycles. The number of urea groups is 1. The number of nitrogens with one attached hydrogen (secondary N) is 1. The van der Waals surface area contributed by atoms with Crippen LogP contribution in [0.5, 0.6) is 11.5 Å². The van der Waals surface area contributed by atoms with E-state index in [1.807, 2.05) is 36.4 Å². The maximum atomic E-state index is 13.3. The van der Waals surface area contributed by atoms with E-state index in [1.165, 1.54) is 6.08 Å². The Bertz CT molecular complexity index is 1590. The first-order chi connectivity index (χ1) is 19.4. The zero-order valence-electron chi connectivity index (χ0n) is 21.0. The van der Waals surface area contributed by atoms with Gasteiger partial charge in [-0.05, 0) is 83.4 Å². The van der Waals surface area contributed by atoms with Crippen LogP contribution in [0.25, 0.3) is 6.08 Å². The number of halogens is 2. The molecule has 7 nitrogen and oxygen atoms in total. The number of carbonyl (C=O) groups excluding carboxylic acids is 3. The van der Waals surface area contributed by atoms with Crippen LogP contribution in [0.15, 0.2) is 107 Å². The molecule has 4 amide bonds. The number of barbiturate groups is 1. The van der Waals surface area contributed by atoms with Crippen molar-refractivity contribution in [2.75, 3.05) is 4.90 Å². The fourth-order valence-corrected chi connectivity index (χ4v) is 4.33. The second-order valence-corrected chi connectivity index (χ2v) is 10.2. The lowest BCUT2D eigenvalue weighted by molar-refractivity contribution is -0.122. The number of hydrogen-bond donors (Lipinski definition) is 1. The van der Waals surface area contributed by atoms with Gasteiger partial charge in [0.2, 0.25) is 0 Å². The molecular weight excluding hydrogens is 596 g/mol. The second kappa shape index (κ2) is 12.2. The fourth-order valence-electron chi connectivity index (χ4n) is 3.94. The highest BCUT2D eigenvalue weighted by Gasteiger charge is 2.36. The van der Waals surface area contributed by atoms with Crippen LogP contribution in [0.1, 0.15) is 16.7 Å². The van der Waals surface area contributed by atoms with Gasteiger partial charge in [0, 0.05) is 9.50 Å². The molecular formula is C31H22BrClN2O5. The van der Waals surface area contributed by atoms with Gasteiger partial charge in [-0.1, -0.05) is 63.9 Å². The third-order valence-electron chi connectivity index (χ3n) is 6.00. The summed E-state index contributed by atoms with van der Waals surface area (Å²) < 4.78 is 12.6. The smallest absolute Gasteiger partial charge is 0.335 e. The average molecular weight is 618 g/mol. The topological polar surface area (TPSA) is 84.9 Å². The van der Waals surface area contributed by atoms with Crippen molar-refractivity contribution in [1.29, 1.82) is 0 Å². The van der Waals surface area contributed by atoms with Crippen molar-refractivity contribution >= 4 is 57.1 Å². The number of rotatable bonds is 8. The highest BCUT2D eigenvalue weighted by molar-refractivity contribution is 9.10. The maximum absolute atomic E-state index is 13.3. The summed E-state index contributed by atoms with van der Waals surface area (Å²) in [5, 5.41) is 2.88. The fraction of sp³-hybridized carbons (Fsp3) is 0.0645. The minimum atomic E-state index is -0.825. The predicted octanol–water partition coefficient (Wildman–Crippen LogP) is 6.93. The second-order valence-electron chi connectivity index (χ2n) is 8.85. The third-order valence-corrected chi connectivity index (χ3v) is 6.78. The Labute approximate surface area is 244 Å². The van der Waals surface area contributed by atoms with Gasteiger partial charge in [0.15, 0.2) is 0 Å². The van der Waals surface area contributed by atoms with Crippen molar-refractivity contribution < 1.29 is 23.9 Å². The number of ether oxygens (including phenoxy) is 2. The Morgan fingerprint density at radius 3 is 2.08 bits per heavy atom. The molecule has 0 unspecified atom stereocenters. The van der Waals surface area contributed by atoms with Crippen molar-refractivity contribution in [1.82, 2.24) is 5.32 Å². The Morgan fingerprint density at radius 2 is 1.40 bits per heavy atom. The van der Waals surface area contributed by atoms with Gasteiger partial charge in [0.05, 0.1) is 5.69 Å². The molecule has 1 fully saturated rings. The lowest BCUT2D eigenvalue weighted by Gasteiger charge is -2.26. The Kier molecular flexibility index (Phi) is 8.28. The van der Waals surface area contributed by atoms with Gasteiger partial charge in [0.1, 0.15) is 30.3 Å². The molecule has 0 saturated carbocycles. The number of hydrogen-bond acceptors (Lipinski definition) is 5. The standard InChI is InChI=1S/C31H22BrClN2O5/c32-23-8-4-20(5-9-23)19-40-27-3-1-2-22(16-27)17-28-29(36)34-31(38)35(30(28)37)25-12-14-26(15-13-25)39-18-21-6-10-24(33)11-7-21/h1-17H,18-19H2,(H,34,36,38)/b28-17-. The Balaban J connectivity index is 1.29. The van der Waals surface area contributed by atoms with Crippen LogP contribution < -0.4 is 19.7 Å². The molecule has 40 heavy (non-hydrogen) atoms. The molecule has 1 N–H and O–H groups in total. The largest absolute Gasteiger partial charge is 0.489 e. The van der Waals surface area contributed by atoms with Crippen LogP contribution in [0.2, 0.25) is 5.02 Å². The molecule has 0 spiro atoms. The van der Waals surface area contributed by atoms with Crippen LogP contribution in [0.4, 0.5) is 10.5 Å². The molecule has 0 atom stereocenters. The monoisotopic (exact) mass is 616 g/mol. The van der Waals surface area contributed by atoms with Gasteiger partial charge >= 0.3 is 6.03 Å². The first-order valence-electron chi connectivity index (χ1n) is 12.2. The van der Waals surface area contributed by atoms with E-state index in [0.29, 0.717) is 41.0 Å². The highest BCUT2D eigenvalue weighted by atomic mass is 79.9. The number of anilines is 1. The molecule has 9 heteroatoms. The number of imide groups is 2. The normalized spacial score (nSPS) is 14.3. The number of carbonyl (C=O) groups is 3. The molecule has 200 valence electrons. The van der Waals surface area contributed by atoms with Gasteiger partial charge in [-0.3, -0.25) is 14.9 Å². The lowest BCUT2D eigenvalue weighted by Crippen LogP contribution is -2.54. The van der Waals surface area contributed by atoms with Crippen LogP contribution in [0.3, 0.4) is 0 Å². The summed E-state index contributed by atoms with van der Waals surface area (Å²) in [4.78, 5) is 39.4. The lowest BCUT2D eigenvalue weighted by atomic mass is 10.1. The van der Waals surface area contributed by atoms with Gasteiger partial charge < -0.3 is 9.47 Å². The molecule has 0 bridgehead atoms. The van der Waals surface area contributed by atoms with E-state index in [2.05, 4.69) is 21.2 Å². The molecule has 0 radical (unpaired) electrons. The SMILES string of the molecule is O=C1NC(=O)N(c2ccc(OCc3ccc(Cl)cc3)cc2)C(=O)/C1=C\c1cccc(OCc2ccc(Br)cc2)c1. The third kappa shape index (κ3) is 6.59. The Hall–Kier alpha value is -4.40. The summed E-state index contributed by atoms with van der Waals surface area (Å²) in [6.45, 7) is 0.682. The zero-order valence-corrected chi connectivity index (χ0v) is 23.3. The summed E-state index contributed by atoms with van der Waals surface area (Å²) in [6.07, 6.45) is 1.44. The van der Waals surface area contributed by atoms with Gasteiger partial charge in [-0.15, -0.1) is 0 Å². The quantitative estimate of drug-likeness (QED) is 0.171. The van der Waals surface area contributed by atoms with Crippen molar-refractivity contribution in [3.8, 4) is 11.5 Å². The van der Waals surface area contributed by atoms with Gasteiger partial charge in [-0.25, -0.2) is 9.69 Å². The summed E-state index contributed by atoms with van der Waals surface area (Å²) in [7, 11) is 0. The average Bonchev–Trinajstić information content (AvgIpc) is 2.95. The molecule has 5 rings (SSSR count). The predicted molar refractivity (Wildman–Crippen MR) is 156 cm³/mol. The van der Waals surface area contributed by atoms with E-state index in [9.17, 15) is 14.4 Å². The van der Waals surface area contributed by atoms with E-state index < -0.39 is 17.8 Å². The van der Waals surface area contributed by atoms with Crippen LogP contribution in [0, 0.1) is 0 Å². The van der Waals surface area contributed by atoms with Crippen molar-refractivity contribution in [2.24, 2.45) is 0 Å². The molecule has 0 aromatic heterocycles. The van der Waals surface area contributed by atoms with Crippen LogP contribution in [-0.2, 0) is 22.8 Å². The highest BCUT2D eigenvalue weighted by Crippen LogP contribution is 2.26. The van der Waals surface area contributed by atoms with E-state index in [-0.39, 0.29) is 5.57 Å². The molecule has 1 aliphatic heterocycles.